The smallest absolute Gasteiger partial charge is 0.253 e. The lowest BCUT2D eigenvalue weighted by Gasteiger charge is -2.33. The van der Waals surface area contributed by atoms with Crippen molar-refractivity contribution in [1.29, 1.82) is 0 Å². The lowest BCUT2D eigenvalue weighted by Crippen LogP contribution is -2.39. The SMILES string of the molecule is COc1ccc(C(=O)N(C)C2CCC(C)CC2)cc1S(=O)(=O)NC1CCCC1. The first-order valence-electron chi connectivity index (χ1n) is 10.3. The second-order valence-corrected chi connectivity index (χ2v) is 9.98. The van der Waals surface area contributed by atoms with Gasteiger partial charge in [0.15, 0.2) is 0 Å². The van der Waals surface area contributed by atoms with E-state index >= 15 is 0 Å². The Hall–Kier alpha value is -1.60. The highest BCUT2D eigenvalue weighted by Crippen LogP contribution is 2.30. The van der Waals surface area contributed by atoms with E-state index < -0.39 is 10.0 Å². The van der Waals surface area contributed by atoms with Gasteiger partial charge in [-0.05, 0) is 62.6 Å². The summed E-state index contributed by atoms with van der Waals surface area (Å²) in [6, 6.07) is 4.86. The highest BCUT2D eigenvalue weighted by Gasteiger charge is 2.29. The van der Waals surface area contributed by atoms with E-state index in [1.165, 1.54) is 13.2 Å². The fourth-order valence-corrected chi connectivity index (χ4v) is 5.85. The Bertz CT molecular complexity index is 795. The molecule has 0 bridgehead atoms. The number of sulfonamides is 1. The summed E-state index contributed by atoms with van der Waals surface area (Å²) >= 11 is 0. The predicted molar refractivity (Wildman–Crippen MR) is 109 cm³/mol. The molecular weight excluding hydrogens is 376 g/mol. The summed E-state index contributed by atoms with van der Waals surface area (Å²) < 4.78 is 33.9. The zero-order valence-corrected chi connectivity index (χ0v) is 17.9. The van der Waals surface area contributed by atoms with Crippen molar-refractivity contribution in [2.24, 2.45) is 5.92 Å². The van der Waals surface area contributed by atoms with Crippen LogP contribution in [0.5, 0.6) is 5.75 Å². The van der Waals surface area contributed by atoms with Crippen LogP contribution in [0.15, 0.2) is 23.1 Å². The van der Waals surface area contributed by atoms with Crippen LogP contribution in [0.1, 0.15) is 68.6 Å². The normalized spacial score (nSPS) is 23.5. The Kier molecular flexibility index (Phi) is 6.65. The van der Waals surface area contributed by atoms with E-state index in [0.29, 0.717) is 11.5 Å². The molecule has 2 saturated carbocycles. The number of nitrogens with zero attached hydrogens (tertiary/aromatic N) is 1. The van der Waals surface area contributed by atoms with Crippen LogP contribution in [0.25, 0.3) is 0 Å². The van der Waals surface area contributed by atoms with Gasteiger partial charge < -0.3 is 9.64 Å². The Labute approximate surface area is 168 Å². The molecule has 0 heterocycles. The van der Waals surface area contributed by atoms with Crippen LogP contribution < -0.4 is 9.46 Å². The number of amides is 1. The van der Waals surface area contributed by atoms with Crippen molar-refractivity contribution in [3.8, 4) is 5.75 Å². The van der Waals surface area contributed by atoms with Crippen molar-refractivity contribution in [3.05, 3.63) is 23.8 Å². The van der Waals surface area contributed by atoms with Crippen molar-refractivity contribution in [2.75, 3.05) is 14.2 Å². The van der Waals surface area contributed by atoms with Gasteiger partial charge in [0.25, 0.3) is 5.91 Å². The average molecular weight is 409 g/mol. The third kappa shape index (κ3) is 4.69. The minimum absolute atomic E-state index is 0.0402. The zero-order chi connectivity index (χ0) is 20.3. The molecule has 156 valence electrons. The van der Waals surface area contributed by atoms with E-state index in [1.807, 2.05) is 7.05 Å². The summed E-state index contributed by atoms with van der Waals surface area (Å²) in [5.41, 5.74) is 0.383. The molecule has 7 heteroatoms. The van der Waals surface area contributed by atoms with Crippen LogP contribution in [-0.2, 0) is 10.0 Å². The number of methoxy groups -OCH3 is 1. The second-order valence-electron chi connectivity index (χ2n) is 8.30. The molecule has 1 amide bonds. The minimum Gasteiger partial charge on any atom is -0.495 e. The summed E-state index contributed by atoms with van der Waals surface area (Å²) in [6.45, 7) is 2.25. The van der Waals surface area contributed by atoms with E-state index in [9.17, 15) is 13.2 Å². The van der Waals surface area contributed by atoms with E-state index in [1.54, 1.807) is 17.0 Å². The summed E-state index contributed by atoms with van der Waals surface area (Å²) in [6.07, 6.45) is 8.00. The van der Waals surface area contributed by atoms with Crippen LogP contribution >= 0.6 is 0 Å². The first-order valence-corrected chi connectivity index (χ1v) is 11.8. The molecule has 0 atom stereocenters. The number of ether oxygens (including phenoxy) is 1. The third-order valence-corrected chi connectivity index (χ3v) is 7.77. The summed E-state index contributed by atoms with van der Waals surface area (Å²) in [4.78, 5) is 14.8. The van der Waals surface area contributed by atoms with Crippen LogP contribution in [0.3, 0.4) is 0 Å². The zero-order valence-electron chi connectivity index (χ0n) is 17.1. The summed E-state index contributed by atoms with van der Waals surface area (Å²) in [5, 5.41) is 0. The molecule has 0 aliphatic heterocycles. The maximum atomic E-state index is 13.0. The fourth-order valence-electron chi connectivity index (χ4n) is 4.35. The van der Waals surface area contributed by atoms with E-state index in [-0.39, 0.29) is 28.6 Å². The van der Waals surface area contributed by atoms with Gasteiger partial charge in [-0.15, -0.1) is 0 Å². The topological polar surface area (TPSA) is 75.7 Å². The van der Waals surface area contributed by atoms with E-state index in [0.717, 1.165) is 51.4 Å². The van der Waals surface area contributed by atoms with E-state index in [4.69, 9.17) is 4.74 Å². The van der Waals surface area contributed by atoms with Gasteiger partial charge >= 0.3 is 0 Å². The lowest BCUT2D eigenvalue weighted by molar-refractivity contribution is 0.0679. The van der Waals surface area contributed by atoms with Crippen LogP contribution in [0, 0.1) is 5.92 Å². The van der Waals surface area contributed by atoms with Gasteiger partial charge in [0.05, 0.1) is 7.11 Å². The molecule has 0 saturated heterocycles. The van der Waals surface area contributed by atoms with Crippen LogP contribution in [-0.4, -0.2) is 45.5 Å². The molecule has 6 nitrogen and oxygen atoms in total. The standard InChI is InChI=1S/C21H32N2O4S/c1-15-8-11-18(12-9-15)23(2)21(24)16-10-13-19(27-3)20(14-16)28(25,26)22-17-6-4-5-7-17/h10,13-15,17-18,22H,4-9,11-12H2,1-3H3. The second kappa shape index (κ2) is 8.82. The van der Waals surface area contributed by atoms with E-state index in [2.05, 4.69) is 11.6 Å². The van der Waals surface area contributed by atoms with Crippen molar-refractivity contribution in [2.45, 2.75) is 75.3 Å². The number of carbonyl (C=O) groups is 1. The van der Waals surface area contributed by atoms with Gasteiger partial charge in [0.1, 0.15) is 10.6 Å². The fraction of sp³-hybridized carbons (Fsp3) is 0.667. The van der Waals surface area contributed by atoms with Crippen molar-refractivity contribution < 1.29 is 17.9 Å². The first kappa shape index (κ1) is 21.1. The molecule has 0 radical (unpaired) electrons. The molecule has 3 rings (SSSR count). The largest absolute Gasteiger partial charge is 0.495 e. The molecule has 2 aliphatic carbocycles. The highest BCUT2D eigenvalue weighted by molar-refractivity contribution is 7.89. The number of benzene rings is 1. The number of carbonyl (C=O) groups excluding carboxylic acids is 1. The summed E-state index contributed by atoms with van der Waals surface area (Å²) in [5.74, 6) is 0.829. The van der Waals surface area contributed by atoms with Crippen molar-refractivity contribution in [3.63, 3.8) is 0 Å². The number of nitrogens with one attached hydrogen (secondary N) is 1. The van der Waals surface area contributed by atoms with Gasteiger partial charge in [-0.1, -0.05) is 19.8 Å². The quantitative estimate of drug-likeness (QED) is 0.781. The molecular formula is C21H32N2O4S. The Balaban J connectivity index is 1.82. The molecule has 2 fully saturated rings. The Morgan fingerprint density at radius 2 is 1.75 bits per heavy atom. The number of hydrogen-bond acceptors (Lipinski definition) is 4. The van der Waals surface area contributed by atoms with Gasteiger partial charge in [-0.25, -0.2) is 13.1 Å². The average Bonchev–Trinajstić information content (AvgIpc) is 3.19. The molecule has 28 heavy (non-hydrogen) atoms. The third-order valence-electron chi connectivity index (χ3n) is 6.23. The molecule has 0 unspecified atom stereocenters. The van der Waals surface area contributed by atoms with Crippen molar-refractivity contribution >= 4 is 15.9 Å². The summed E-state index contributed by atoms with van der Waals surface area (Å²) in [7, 11) is -0.483. The molecule has 1 N–H and O–H groups in total. The number of hydrogen-bond donors (Lipinski definition) is 1. The molecule has 1 aromatic rings. The highest BCUT2D eigenvalue weighted by atomic mass is 32.2. The molecule has 0 spiro atoms. The van der Waals surface area contributed by atoms with Crippen molar-refractivity contribution in [1.82, 2.24) is 9.62 Å². The van der Waals surface area contributed by atoms with Gasteiger partial charge in [-0.3, -0.25) is 4.79 Å². The lowest BCUT2D eigenvalue weighted by atomic mass is 9.86. The minimum atomic E-state index is -3.75. The maximum absolute atomic E-state index is 13.0. The van der Waals surface area contributed by atoms with Gasteiger partial charge in [0.2, 0.25) is 10.0 Å². The van der Waals surface area contributed by atoms with Gasteiger partial charge in [-0.2, -0.15) is 0 Å². The first-order chi connectivity index (χ1) is 13.3. The maximum Gasteiger partial charge on any atom is 0.253 e. The van der Waals surface area contributed by atoms with Crippen LogP contribution in [0.4, 0.5) is 0 Å². The van der Waals surface area contributed by atoms with Crippen LogP contribution in [0.2, 0.25) is 0 Å². The predicted octanol–water partition coefficient (Wildman–Crippen LogP) is 3.57. The Morgan fingerprint density at radius 3 is 2.36 bits per heavy atom. The molecule has 1 aromatic carbocycles. The Morgan fingerprint density at radius 1 is 1.11 bits per heavy atom. The molecule has 0 aromatic heterocycles. The monoisotopic (exact) mass is 408 g/mol. The van der Waals surface area contributed by atoms with Gasteiger partial charge in [0, 0.05) is 24.7 Å². The number of rotatable bonds is 6. The molecule has 2 aliphatic rings.